The fourth-order valence-corrected chi connectivity index (χ4v) is 5.79. The number of ether oxygens (including phenoxy) is 2. The highest BCUT2D eigenvalue weighted by Gasteiger charge is 2.24. The van der Waals surface area contributed by atoms with Crippen molar-refractivity contribution in [2.24, 2.45) is 5.16 Å². The predicted molar refractivity (Wildman–Crippen MR) is 170 cm³/mol. The molecule has 0 aliphatic carbocycles. The molecule has 0 spiro atoms. The SMILES string of the molecule is COC(=O)[C@H](CC/C=N\Oc1cc(OS(=O)(=O)c2ccc(C)cc2)cc(OS(=O)(=O)c2ccc(C)cc2)c1)OC(=O)c1ccccc1. The fourth-order valence-electron chi connectivity index (χ4n) is 3.96. The predicted octanol–water partition coefficient (Wildman–Crippen LogP) is 5.38. The Morgan fingerprint density at radius 2 is 1.21 bits per heavy atom. The van der Waals surface area contributed by atoms with Gasteiger partial charge in [-0.05, 0) is 56.7 Å². The van der Waals surface area contributed by atoms with Gasteiger partial charge in [-0.1, -0.05) is 58.7 Å². The van der Waals surface area contributed by atoms with E-state index >= 15 is 0 Å². The van der Waals surface area contributed by atoms with Crippen molar-refractivity contribution in [3.63, 3.8) is 0 Å². The van der Waals surface area contributed by atoms with Gasteiger partial charge in [0, 0.05) is 30.8 Å². The number of carbonyl (C=O) groups is 2. The first-order valence-corrected chi connectivity index (χ1v) is 16.9. The minimum atomic E-state index is -4.33. The summed E-state index contributed by atoms with van der Waals surface area (Å²) in [7, 11) is -7.49. The number of hydrogen-bond acceptors (Lipinski definition) is 12. The molecule has 14 heteroatoms. The summed E-state index contributed by atoms with van der Waals surface area (Å²) in [6, 6.07) is 23.4. The molecule has 0 saturated carbocycles. The number of aryl methyl sites for hydroxylation is 2. The molecule has 4 aromatic rings. The van der Waals surface area contributed by atoms with Crippen LogP contribution in [0.15, 0.2) is 112 Å². The largest absolute Gasteiger partial charge is 0.466 e. The van der Waals surface area contributed by atoms with Crippen LogP contribution in [0.2, 0.25) is 0 Å². The summed E-state index contributed by atoms with van der Waals surface area (Å²) in [6.07, 6.45) is 0.131. The van der Waals surface area contributed by atoms with Crippen LogP contribution in [-0.4, -0.2) is 48.2 Å². The van der Waals surface area contributed by atoms with Crippen molar-refractivity contribution in [2.45, 2.75) is 42.6 Å². The number of nitrogens with zero attached hydrogens (tertiary/aromatic N) is 1. The molecule has 4 rings (SSSR count). The van der Waals surface area contributed by atoms with Crippen LogP contribution in [0.4, 0.5) is 0 Å². The number of hydrogen-bond donors (Lipinski definition) is 0. The minimum absolute atomic E-state index is 0.000788. The average molecular weight is 682 g/mol. The van der Waals surface area contributed by atoms with Crippen molar-refractivity contribution in [3.8, 4) is 17.2 Å². The topological polar surface area (TPSA) is 161 Å². The van der Waals surface area contributed by atoms with E-state index in [-0.39, 0.29) is 45.4 Å². The number of carbonyl (C=O) groups excluding carboxylic acids is 2. The van der Waals surface area contributed by atoms with Gasteiger partial charge in [0.1, 0.15) is 9.79 Å². The van der Waals surface area contributed by atoms with E-state index in [0.29, 0.717) is 0 Å². The van der Waals surface area contributed by atoms with Crippen molar-refractivity contribution in [2.75, 3.05) is 7.11 Å². The molecule has 0 aromatic heterocycles. The summed E-state index contributed by atoms with van der Waals surface area (Å²) in [5.74, 6) is -2.23. The van der Waals surface area contributed by atoms with Gasteiger partial charge in [0.15, 0.2) is 23.4 Å². The van der Waals surface area contributed by atoms with E-state index in [1.54, 1.807) is 68.4 Å². The van der Waals surface area contributed by atoms with E-state index < -0.39 is 38.3 Å². The van der Waals surface area contributed by atoms with Crippen LogP contribution in [-0.2, 0) is 34.5 Å². The van der Waals surface area contributed by atoms with E-state index in [0.717, 1.165) is 24.3 Å². The molecule has 4 aromatic carbocycles. The Morgan fingerprint density at radius 1 is 0.723 bits per heavy atom. The van der Waals surface area contributed by atoms with Gasteiger partial charge in [-0.2, -0.15) is 16.8 Å². The van der Waals surface area contributed by atoms with Gasteiger partial charge >= 0.3 is 32.2 Å². The van der Waals surface area contributed by atoms with E-state index in [2.05, 4.69) is 5.16 Å². The Kier molecular flexibility index (Phi) is 11.3. The Hall–Kier alpha value is -5.21. The first-order valence-electron chi connectivity index (χ1n) is 14.1. The summed E-state index contributed by atoms with van der Waals surface area (Å²) in [5, 5.41) is 3.82. The molecular formula is C33H31NO11S2. The van der Waals surface area contributed by atoms with Gasteiger partial charge in [0.05, 0.1) is 12.7 Å². The lowest BCUT2D eigenvalue weighted by molar-refractivity contribution is -0.151. The molecule has 0 heterocycles. The van der Waals surface area contributed by atoms with Gasteiger partial charge < -0.3 is 22.7 Å². The fraction of sp³-hybridized carbons (Fsp3) is 0.182. The van der Waals surface area contributed by atoms with E-state index in [4.69, 9.17) is 22.7 Å². The molecule has 0 unspecified atom stereocenters. The Morgan fingerprint density at radius 3 is 1.70 bits per heavy atom. The first kappa shape index (κ1) is 34.7. The number of oxime groups is 1. The average Bonchev–Trinajstić information content (AvgIpc) is 3.04. The second kappa shape index (κ2) is 15.4. The molecule has 0 radical (unpaired) electrons. The molecular weight excluding hydrogens is 650 g/mol. The number of methoxy groups -OCH3 is 1. The maximum absolute atomic E-state index is 13.0. The lowest BCUT2D eigenvalue weighted by Gasteiger charge is -2.14. The molecule has 0 N–H and O–H groups in total. The van der Waals surface area contributed by atoms with Crippen molar-refractivity contribution in [3.05, 3.63) is 114 Å². The van der Waals surface area contributed by atoms with Crippen LogP contribution >= 0.6 is 0 Å². The highest BCUT2D eigenvalue weighted by Crippen LogP contribution is 2.32. The van der Waals surface area contributed by atoms with Gasteiger partial charge in [-0.15, -0.1) is 0 Å². The maximum Gasteiger partial charge on any atom is 0.347 e. The van der Waals surface area contributed by atoms with Crippen LogP contribution in [0.1, 0.15) is 34.3 Å². The van der Waals surface area contributed by atoms with Crippen molar-refractivity contribution in [1.29, 1.82) is 0 Å². The summed E-state index contributed by atoms with van der Waals surface area (Å²) in [6.45, 7) is 3.59. The third kappa shape index (κ3) is 9.89. The second-order valence-electron chi connectivity index (χ2n) is 10.1. The molecule has 0 aliphatic heterocycles. The van der Waals surface area contributed by atoms with E-state index in [1.165, 1.54) is 42.6 Å². The molecule has 246 valence electrons. The van der Waals surface area contributed by atoms with E-state index in [1.807, 2.05) is 0 Å². The van der Waals surface area contributed by atoms with Crippen LogP contribution < -0.4 is 13.2 Å². The molecule has 0 bridgehead atoms. The molecule has 12 nitrogen and oxygen atoms in total. The van der Waals surface area contributed by atoms with Gasteiger partial charge in [0.25, 0.3) is 0 Å². The van der Waals surface area contributed by atoms with Crippen molar-refractivity contribution < 1.29 is 49.1 Å². The number of esters is 2. The summed E-state index contributed by atoms with van der Waals surface area (Å²) in [5.41, 5.74) is 1.93. The maximum atomic E-state index is 13.0. The summed E-state index contributed by atoms with van der Waals surface area (Å²) >= 11 is 0. The Labute approximate surface area is 272 Å². The van der Waals surface area contributed by atoms with Crippen LogP contribution in [0.3, 0.4) is 0 Å². The van der Waals surface area contributed by atoms with E-state index in [9.17, 15) is 26.4 Å². The zero-order chi connectivity index (χ0) is 34.0. The smallest absolute Gasteiger partial charge is 0.347 e. The molecule has 47 heavy (non-hydrogen) atoms. The lowest BCUT2D eigenvalue weighted by atomic mass is 10.2. The zero-order valence-electron chi connectivity index (χ0n) is 25.6. The molecule has 0 amide bonds. The Balaban J connectivity index is 1.52. The Bertz CT molecular complexity index is 1850. The normalized spacial score (nSPS) is 12.2. The quantitative estimate of drug-likeness (QED) is 0.0727. The molecule has 0 saturated heterocycles. The number of rotatable bonds is 14. The summed E-state index contributed by atoms with van der Waals surface area (Å²) < 4.78 is 72.4. The molecule has 0 aliphatic rings. The van der Waals surface area contributed by atoms with Crippen molar-refractivity contribution >= 4 is 38.4 Å². The lowest BCUT2D eigenvalue weighted by Crippen LogP contribution is -2.28. The zero-order valence-corrected chi connectivity index (χ0v) is 27.2. The third-order valence-corrected chi connectivity index (χ3v) is 8.92. The minimum Gasteiger partial charge on any atom is -0.466 e. The van der Waals surface area contributed by atoms with Gasteiger partial charge in [-0.25, -0.2) is 9.59 Å². The van der Waals surface area contributed by atoms with Crippen LogP contribution in [0.5, 0.6) is 17.2 Å². The molecule has 0 fully saturated rings. The second-order valence-corrected chi connectivity index (χ2v) is 13.2. The van der Waals surface area contributed by atoms with Crippen LogP contribution in [0.25, 0.3) is 0 Å². The first-order chi connectivity index (χ1) is 22.4. The highest BCUT2D eigenvalue weighted by atomic mass is 32.2. The van der Waals surface area contributed by atoms with Crippen molar-refractivity contribution in [1.82, 2.24) is 0 Å². The van der Waals surface area contributed by atoms with Gasteiger partial charge in [0.2, 0.25) is 0 Å². The summed E-state index contributed by atoms with van der Waals surface area (Å²) in [4.78, 5) is 29.7. The number of benzene rings is 4. The monoisotopic (exact) mass is 681 g/mol. The highest BCUT2D eigenvalue weighted by molar-refractivity contribution is 7.87. The van der Waals surface area contributed by atoms with Crippen LogP contribution in [0, 0.1) is 13.8 Å². The third-order valence-electron chi connectivity index (χ3n) is 6.40. The molecule has 1 atom stereocenters. The standard InChI is InChI=1S/C33H31NO11S2/c1-23-11-15-29(16-12-23)46(37,38)44-27-20-26(21-28(22-27)45-47(39,40)30-17-13-24(2)14-18-30)43-34-19-7-10-31(33(36)41-3)42-32(35)25-8-5-4-6-9-25/h4-6,8-9,11-22,31H,7,10H2,1-3H3/b34-19-/t31-/m0/s1. The van der Waals surface area contributed by atoms with Gasteiger partial charge in [-0.3, -0.25) is 0 Å².